The molecule has 0 atom stereocenters. The van der Waals surface area contributed by atoms with E-state index in [1.807, 2.05) is 0 Å². The number of carbonyl (C=O) groups is 1. The van der Waals surface area contributed by atoms with Crippen LogP contribution in [0, 0.1) is 6.92 Å². The van der Waals surface area contributed by atoms with Gasteiger partial charge >= 0.3 is 0 Å². The molecule has 6 heteroatoms. The largest absolute Gasteiger partial charge is 0.370 e. The molecule has 21 heavy (non-hydrogen) atoms. The van der Waals surface area contributed by atoms with Crippen molar-refractivity contribution >= 4 is 36.4 Å². The number of likely N-dealkylation sites (N-methyl/N-ethyl adjacent to an activating group) is 1. The maximum absolute atomic E-state index is 11.7. The molecule has 0 aliphatic heterocycles. The fourth-order valence-corrected chi connectivity index (χ4v) is 1.83. The summed E-state index contributed by atoms with van der Waals surface area (Å²) in [4.78, 5) is 13.9. The Morgan fingerprint density at radius 3 is 2.43 bits per heavy atom. The number of amides is 1. The number of rotatable bonds is 6. The Balaban J connectivity index is 0. The molecule has 0 spiro atoms. The van der Waals surface area contributed by atoms with E-state index >= 15 is 0 Å². The van der Waals surface area contributed by atoms with Gasteiger partial charge in [0, 0.05) is 25.3 Å². The highest BCUT2D eigenvalue weighted by Crippen LogP contribution is 2.14. The third-order valence-corrected chi connectivity index (χ3v) is 3.00. The number of aryl methyl sites for hydroxylation is 1. The van der Waals surface area contributed by atoms with Crippen LogP contribution in [0.1, 0.15) is 26.3 Å². The molecule has 122 valence electrons. The normalized spacial score (nSPS) is 10.1. The Hall–Kier alpha value is -0.970. The Morgan fingerprint density at radius 1 is 1.33 bits per heavy atom. The van der Waals surface area contributed by atoms with E-state index in [4.69, 9.17) is 5.73 Å². The number of carbonyl (C=O) groups excluding carboxylic acids is 1. The van der Waals surface area contributed by atoms with Crippen molar-refractivity contribution in [2.24, 2.45) is 5.73 Å². The molecule has 0 aliphatic rings. The number of halogens is 2. The van der Waals surface area contributed by atoms with Crippen LogP contribution < -0.4 is 16.0 Å². The quantitative estimate of drug-likeness (QED) is 0.839. The Kier molecular flexibility index (Phi) is 10.5. The van der Waals surface area contributed by atoms with E-state index in [2.05, 4.69) is 48.3 Å². The maximum Gasteiger partial charge on any atom is 0.239 e. The van der Waals surface area contributed by atoms with Gasteiger partial charge in [0.05, 0.1) is 5.54 Å². The smallest absolute Gasteiger partial charge is 0.239 e. The summed E-state index contributed by atoms with van der Waals surface area (Å²) in [5.74, 6) is -0.118. The van der Waals surface area contributed by atoms with Gasteiger partial charge in [0.25, 0.3) is 0 Å². The number of hydrogen-bond acceptors (Lipinski definition) is 3. The standard InChI is InChI=1S/C15H25N3O.2ClH/c1-5-18(13-8-6-7-12(2)11-13)10-9-17-14(19)15(3,4)16;;/h6-8,11H,5,9-10,16H2,1-4H3,(H,17,19);2*1H. The lowest BCUT2D eigenvalue weighted by Crippen LogP contribution is -2.50. The fraction of sp³-hybridized carbons (Fsp3) is 0.533. The van der Waals surface area contributed by atoms with Gasteiger partial charge in [-0.25, -0.2) is 0 Å². The molecule has 0 aliphatic carbocycles. The second-order valence-corrected chi connectivity index (χ2v) is 5.40. The van der Waals surface area contributed by atoms with Crippen LogP contribution in [-0.2, 0) is 4.79 Å². The fourth-order valence-electron chi connectivity index (χ4n) is 1.83. The Bertz CT molecular complexity index is 433. The highest BCUT2D eigenvalue weighted by atomic mass is 35.5. The molecule has 1 amide bonds. The molecule has 3 N–H and O–H groups in total. The van der Waals surface area contributed by atoms with Gasteiger partial charge in [-0.1, -0.05) is 12.1 Å². The van der Waals surface area contributed by atoms with Gasteiger partial charge in [-0.05, 0) is 45.4 Å². The molecule has 1 aromatic rings. The summed E-state index contributed by atoms with van der Waals surface area (Å²) in [5, 5.41) is 2.87. The average Bonchev–Trinajstić information content (AvgIpc) is 2.33. The molecule has 0 bridgehead atoms. The summed E-state index contributed by atoms with van der Waals surface area (Å²) < 4.78 is 0. The number of benzene rings is 1. The third-order valence-electron chi connectivity index (χ3n) is 3.00. The van der Waals surface area contributed by atoms with Gasteiger partial charge in [0.1, 0.15) is 0 Å². The molecule has 0 aromatic heterocycles. The van der Waals surface area contributed by atoms with Crippen LogP contribution in [0.5, 0.6) is 0 Å². The van der Waals surface area contributed by atoms with Crippen molar-refractivity contribution in [3.8, 4) is 0 Å². The predicted molar refractivity (Wildman–Crippen MR) is 94.8 cm³/mol. The second kappa shape index (κ2) is 9.87. The van der Waals surface area contributed by atoms with Gasteiger partial charge in [-0.3, -0.25) is 4.79 Å². The van der Waals surface area contributed by atoms with Gasteiger partial charge in [-0.15, -0.1) is 24.8 Å². The van der Waals surface area contributed by atoms with Crippen molar-refractivity contribution < 1.29 is 4.79 Å². The minimum absolute atomic E-state index is 0. The molecule has 4 nitrogen and oxygen atoms in total. The third kappa shape index (κ3) is 7.55. The maximum atomic E-state index is 11.7. The minimum Gasteiger partial charge on any atom is -0.370 e. The lowest BCUT2D eigenvalue weighted by molar-refractivity contribution is -0.125. The monoisotopic (exact) mass is 335 g/mol. The highest BCUT2D eigenvalue weighted by Gasteiger charge is 2.21. The van der Waals surface area contributed by atoms with Gasteiger partial charge in [-0.2, -0.15) is 0 Å². The van der Waals surface area contributed by atoms with Crippen LogP contribution in [0.25, 0.3) is 0 Å². The topological polar surface area (TPSA) is 58.4 Å². The summed E-state index contributed by atoms with van der Waals surface area (Å²) in [7, 11) is 0. The van der Waals surface area contributed by atoms with Crippen LogP contribution in [0.2, 0.25) is 0 Å². The first-order valence-electron chi connectivity index (χ1n) is 6.73. The SMILES string of the molecule is CCN(CCNC(=O)C(C)(C)N)c1cccc(C)c1.Cl.Cl. The first-order chi connectivity index (χ1) is 8.84. The molecule has 1 aromatic carbocycles. The number of nitrogens with one attached hydrogen (secondary N) is 1. The van der Waals surface area contributed by atoms with Crippen LogP contribution in [-0.4, -0.2) is 31.1 Å². The lowest BCUT2D eigenvalue weighted by atomic mass is 10.1. The highest BCUT2D eigenvalue weighted by molar-refractivity contribution is 5.86. The number of anilines is 1. The van der Waals surface area contributed by atoms with Crippen molar-refractivity contribution in [3.05, 3.63) is 29.8 Å². The summed E-state index contributed by atoms with van der Waals surface area (Å²) in [5.41, 5.74) is 7.34. The molecule has 0 unspecified atom stereocenters. The van der Waals surface area contributed by atoms with E-state index in [1.165, 1.54) is 11.3 Å². The summed E-state index contributed by atoms with van der Waals surface area (Å²) in [6, 6.07) is 8.37. The van der Waals surface area contributed by atoms with Gasteiger partial charge in [0.2, 0.25) is 5.91 Å². The van der Waals surface area contributed by atoms with E-state index in [0.717, 1.165) is 13.1 Å². The van der Waals surface area contributed by atoms with Crippen LogP contribution >= 0.6 is 24.8 Å². The van der Waals surface area contributed by atoms with Crippen molar-refractivity contribution in [2.75, 3.05) is 24.5 Å². The van der Waals surface area contributed by atoms with Crippen LogP contribution in [0.3, 0.4) is 0 Å². The average molecular weight is 336 g/mol. The van der Waals surface area contributed by atoms with E-state index in [-0.39, 0.29) is 30.7 Å². The number of nitrogens with zero attached hydrogens (tertiary/aromatic N) is 1. The Morgan fingerprint density at radius 2 is 1.95 bits per heavy atom. The summed E-state index contributed by atoms with van der Waals surface area (Å²) in [6.07, 6.45) is 0. The van der Waals surface area contributed by atoms with Crippen LogP contribution in [0.15, 0.2) is 24.3 Å². The molecule has 0 saturated carbocycles. The number of nitrogens with two attached hydrogens (primary N) is 1. The zero-order valence-electron chi connectivity index (χ0n) is 13.2. The first-order valence-corrected chi connectivity index (χ1v) is 6.73. The van der Waals surface area contributed by atoms with Crippen LogP contribution in [0.4, 0.5) is 5.69 Å². The molecule has 0 fully saturated rings. The molecular formula is C15H27Cl2N3O. The molecule has 0 heterocycles. The predicted octanol–water partition coefficient (Wildman–Crippen LogP) is 2.52. The Labute approximate surface area is 140 Å². The summed E-state index contributed by atoms with van der Waals surface area (Å²) >= 11 is 0. The zero-order chi connectivity index (χ0) is 14.5. The van der Waals surface area contributed by atoms with E-state index < -0.39 is 5.54 Å². The lowest BCUT2D eigenvalue weighted by Gasteiger charge is -2.25. The molecular weight excluding hydrogens is 309 g/mol. The van der Waals surface area contributed by atoms with Crippen molar-refractivity contribution in [2.45, 2.75) is 33.2 Å². The molecule has 0 radical (unpaired) electrons. The second-order valence-electron chi connectivity index (χ2n) is 5.40. The van der Waals surface area contributed by atoms with Crippen molar-refractivity contribution in [1.82, 2.24) is 5.32 Å². The minimum atomic E-state index is -0.819. The molecule has 1 rings (SSSR count). The van der Waals surface area contributed by atoms with E-state index in [0.29, 0.717) is 6.54 Å². The zero-order valence-corrected chi connectivity index (χ0v) is 14.8. The summed E-state index contributed by atoms with van der Waals surface area (Å²) in [6.45, 7) is 9.89. The van der Waals surface area contributed by atoms with E-state index in [1.54, 1.807) is 13.8 Å². The van der Waals surface area contributed by atoms with Gasteiger partial charge < -0.3 is 16.0 Å². The number of hydrogen-bond donors (Lipinski definition) is 2. The van der Waals surface area contributed by atoms with E-state index in [9.17, 15) is 4.79 Å². The van der Waals surface area contributed by atoms with Crippen molar-refractivity contribution in [1.29, 1.82) is 0 Å². The van der Waals surface area contributed by atoms with Crippen molar-refractivity contribution in [3.63, 3.8) is 0 Å². The molecule has 0 saturated heterocycles. The van der Waals surface area contributed by atoms with Gasteiger partial charge in [0.15, 0.2) is 0 Å². The first kappa shape index (κ1) is 22.3.